The molecule has 0 radical (unpaired) electrons. The molecule has 0 saturated heterocycles. The van der Waals surface area contributed by atoms with Gasteiger partial charge in [-0.1, -0.05) is 6.07 Å². The first-order valence-corrected chi connectivity index (χ1v) is 9.08. The molecule has 0 bridgehead atoms. The summed E-state index contributed by atoms with van der Waals surface area (Å²) in [5.74, 6) is 0.154. The smallest absolute Gasteiger partial charge is 0.287 e. The van der Waals surface area contributed by atoms with Gasteiger partial charge in [0.05, 0.1) is 12.0 Å². The van der Waals surface area contributed by atoms with Crippen LogP contribution in [-0.4, -0.2) is 28.0 Å². The van der Waals surface area contributed by atoms with Gasteiger partial charge in [-0.15, -0.1) is 0 Å². The van der Waals surface area contributed by atoms with Crippen molar-refractivity contribution in [2.45, 2.75) is 0 Å². The van der Waals surface area contributed by atoms with Gasteiger partial charge in [-0.25, -0.2) is 4.98 Å². The fraction of sp³-hybridized carbons (Fsp3) is 0.0455. The monoisotopic (exact) mass is 432 g/mol. The number of rotatable bonds is 7. The maximum Gasteiger partial charge on any atom is 0.287 e. The molecule has 0 spiro atoms. The van der Waals surface area contributed by atoms with Gasteiger partial charge in [-0.05, 0) is 48.0 Å². The number of nitrogens with zero attached hydrogens (tertiary/aromatic N) is 3. The Morgan fingerprint density at radius 1 is 1.19 bits per heavy atom. The van der Waals surface area contributed by atoms with E-state index in [9.17, 15) is 25.3 Å². The summed E-state index contributed by atoms with van der Waals surface area (Å²) in [5.41, 5.74) is 0.611. The Balaban J connectivity index is 1.79. The number of carbonyl (C=O) groups is 1. The third-order valence-corrected chi connectivity index (χ3v) is 4.14. The molecule has 2 N–H and O–H groups in total. The number of aromatic hydroxyl groups is 1. The Labute approximate surface area is 182 Å². The molecule has 2 aromatic carbocycles. The number of ether oxygens (including phenoxy) is 2. The highest BCUT2D eigenvalue weighted by Crippen LogP contribution is 2.32. The van der Waals surface area contributed by atoms with Crippen LogP contribution in [0.3, 0.4) is 0 Å². The van der Waals surface area contributed by atoms with Crippen LogP contribution in [0.4, 0.5) is 11.4 Å². The van der Waals surface area contributed by atoms with Crippen LogP contribution < -0.4 is 14.8 Å². The second-order valence-electron chi connectivity index (χ2n) is 6.29. The summed E-state index contributed by atoms with van der Waals surface area (Å²) in [4.78, 5) is 26.4. The maximum absolute atomic E-state index is 12.4. The van der Waals surface area contributed by atoms with Gasteiger partial charge in [0.2, 0.25) is 5.88 Å². The summed E-state index contributed by atoms with van der Waals surface area (Å²) in [6, 6.07) is 15.0. The second kappa shape index (κ2) is 9.73. The number of phenolic OH excluding ortho intramolecular Hbond substituents is 1. The maximum atomic E-state index is 12.4. The van der Waals surface area contributed by atoms with Gasteiger partial charge in [0, 0.05) is 17.8 Å². The van der Waals surface area contributed by atoms with Crippen LogP contribution in [0.1, 0.15) is 5.56 Å². The molecule has 0 atom stereocenters. The van der Waals surface area contributed by atoms with Gasteiger partial charge >= 0.3 is 0 Å². The van der Waals surface area contributed by atoms with E-state index in [2.05, 4.69) is 10.3 Å². The first kappa shape index (κ1) is 21.8. The van der Waals surface area contributed by atoms with Crippen LogP contribution in [0.2, 0.25) is 0 Å². The van der Waals surface area contributed by atoms with Gasteiger partial charge in [0.1, 0.15) is 23.6 Å². The number of amides is 1. The quantitative estimate of drug-likeness (QED) is 0.187. The largest absolute Gasteiger partial charge is 0.508 e. The van der Waals surface area contributed by atoms with Gasteiger partial charge in [-0.2, -0.15) is 5.26 Å². The molecule has 0 unspecified atom stereocenters. The summed E-state index contributed by atoms with van der Waals surface area (Å²) < 4.78 is 10.9. The summed E-state index contributed by atoms with van der Waals surface area (Å²) in [5, 5.41) is 32.0. The van der Waals surface area contributed by atoms with E-state index in [4.69, 9.17) is 9.47 Å². The minimum atomic E-state index is -0.618. The van der Waals surface area contributed by atoms with Crippen molar-refractivity contribution in [2.24, 2.45) is 0 Å². The SMILES string of the molecule is COc1cc(C=C(C#N)C(=O)Nc2ccc(O)cc2)ccc1Oc1ccc([N+](=O)[O-])cn1. The number of benzene rings is 2. The second-order valence-corrected chi connectivity index (χ2v) is 6.29. The number of hydrogen-bond donors (Lipinski definition) is 2. The molecule has 0 saturated carbocycles. The van der Waals surface area contributed by atoms with Crippen LogP contribution in [0.15, 0.2) is 66.4 Å². The van der Waals surface area contributed by atoms with E-state index in [0.29, 0.717) is 17.0 Å². The van der Waals surface area contributed by atoms with Crippen molar-refractivity contribution < 1.29 is 24.3 Å². The molecule has 0 aliphatic rings. The molecule has 3 rings (SSSR count). The normalized spacial score (nSPS) is 10.7. The Bertz CT molecular complexity index is 1210. The molecular formula is C22H16N4O6. The molecular weight excluding hydrogens is 416 g/mol. The molecule has 160 valence electrons. The molecule has 3 aromatic rings. The molecule has 1 aromatic heterocycles. The molecule has 10 heteroatoms. The number of aromatic nitrogens is 1. The fourth-order valence-corrected chi connectivity index (χ4v) is 2.57. The zero-order chi connectivity index (χ0) is 23.1. The minimum absolute atomic E-state index is 0.0531. The number of nitro groups is 1. The van der Waals surface area contributed by atoms with Crippen molar-refractivity contribution in [3.63, 3.8) is 0 Å². The number of nitriles is 1. The van der Waals surface area contributed by atoms with E-state index < -0.39 is 10.8 Å². The van der Waals surface area contributed by atoms with Gasteiger partial charge in [0.25, 0.3) is 11.6 Å². The highest BCUT2D eigenvalue weighted by molar-refractivity contribution is 6.09. The lowest BCUT2D eigenvalue weighted by molar-refractivity contribution is -0.385. The van der Waals surface area contributed by atoms with Crippen LogP contribution in [0.5, 0.6) is 23.1 Å². The first-order chi connectivity index (χ1) is 15.4. The molecule has 1 heterocycles. The van der Waals surface area contributed by atoms with Crippen LogP contribution in [-0.2, 0) is 4.79 Å². The van der Waals surface area contributed by atoms with Crippen molar-refractivity contribution in [1.29, 1.82) is 5.26 Å². The van der Waals surface area contributed by atoms with Crippen molar-refractivity contribution in [1.82, 2.24) is 4.98 Å². The Morgan fingerprint density at radius 3 is 2.53 bits per heavy atom. The average Bonchev–Trinajstić information content (AvgIpc) is 2.80. The van der Waals surface area contributed by atoms with Crippen LogP contribution >= 0.6 is 0 Å². The van der Waals surface area contributed by atoms with E-state index in [1.807, 2.05) is 6.07 Å². The number of nitrogens with one attached hydrogen (secondary N) is 1. The lowest BCUT2D eigenvalue weighted by atomic mass is 10.1. The molecule has 32 heavy (non-hydrogen) atoms. The Kier molecular flexibility index (Phi) is 6.62. The van der Waals surface area contributed by atoms with Gasteiger partial charge < -0.3 is 19.9 Å². The standard InChI is InChI=1S/C22H16N4O6/c1-31-20-11-14(2-8-19(20)32-21-9-5-17(13-24-21)26(29)30)10-15(12-23)22(28)25-16-3-6-18(27)7-4-16/h2-11,13,27H,1H3,(H,25,28). The number of phenols is 1. The van der Waals surface area contributed by atoms with Gasteiger partial charge in [-0.3, -0.25) is 14.9 Å². The van der Waals surface area contributed by atoms with Crippen molar-refractivity contribution in [3.05, 3.63) is 82.0 Å². The summed E-state index contributed by atoms with van der Waals surface area (Å²) in [7, 11) is 1.42. The van der Waals surface area contributed by atoms with Crippen molar-refractivity contribution in [3.8, 4) is 29.2 Å². The fourth-order valence-electron chi connectivity index (χ4n) is 2.57. The van der Waals surface area contributed by atoms with Crippen molar-refractivity contribution >= 4 is 23.4 Å². The Hall–Kier alpha value is -4.91. The topological polar surface area (TPSA) is 148 Å². The van der Waals surface area contributed by atoms with E-state index in [1.54, 1.807) is 18.2 Å². The summed E-state index contributed by atoms with van der Waals surface area (Å²) >= 11 is 0. The van der Waals surface area contributed by atoms with Crippen molar-refractivity contribution in [2.75, 3.05) is 12.4 Å². The predicted molar refractivity (Wildman–Crippen MR) is 114 cm³/mol. The van der Waals surface area contributed by atoms with E-state index in [-0.39, 0.29) is 28.6 Å². The lowest BCUT2D eigenvalue weighted by Crippen LogP contribution is -2.13. The van der Waals surface area contributed by atoms with E-state index >= 15 is 0 Å². The number of carbonyl (C=O) groups excluding carboxylic acids is 1. The Morgan fingerprint density at radius 2 is 1.94 bits per heavy atom. The predicted octanol–water partition coefficient (Wildman–Crippen LogP) is 4.04. The van der Waals surface area contributed by atoms with E-state index in [1.165, 1.54) is 49.6 Å². The highest BCUT2D eigenvalue weighted by Gasteiger charge is 2.13. The number of methoxy groups -OCH3 is 1. The van der Waals surface area contributed by atoms with Crippen LogP contribution in [0.25, 0.3) is 6.08 Å². The average molecular weight is 432 g/mol. The summed E-state index contributed by atoms with van der Waals surface area (Å²) in [6.45, 7) is 0. The zero-order valence-corrected chi connectivity index (χ0v) is 16.7. The third-order valence-electron chi connectivity index (χ3n) is 4.14. The number of pyridine rings is 1. The molecule has 0 aliphatic carbocycles. The molecule has 0 aliphatic heterocycles. The molecule has 0 fully saturated rings. The van der Waals surface area contributed by atoms with E-state index in [0.717, 1.165) is 6.20 Å². The third kappa shape index (κ3) is 5.37. The minimum Gasteiger partial charge on any atom is -0.508 e. The number of anilines is 1. The molecule has 1 amide bonds. The first-order valence-electron chi connectivity index (χ1n) is 9.08. The van der Waals surface area contributed by atoms with Crippen LogP contribution in [0, 0.1) is 21.4 Å². The lowest BCUT2D eigenvalue weighted by Gasteiger charge is -2.10. The number of hydrogen-bond acceptors (Lipinski definition) is 8. The molecule has 10 nitrogen and oxygen atoms in total. The highest BCUT2D eigenvalue weighted by atomic mass is 16.6. The summed E-state index contributed by atoms with van der Waals surface area (Å²) in [6.07, 6.45) is 2.46. The van der Waals surface area contributed by atoms with Gasteiger partial charge in [0.15, 0.2) is 11.5 Å². The zero-order valence-electron chi connectivity index (χ0n) is 16.7.